The zero-order valence-electron chi connectivity index (χ0n) is 18.7. The van der Waals surface area contributed by atoms with Crippen molar-refractivity contribution in [3.05, 3.63) is 75.0 Å². The summed E-state index contributed by atoms with van der Waals surface area (Å²) in [5, 5.41) is 2.79. The van der Waals surface area contributed by atoms with E-state index in [4.69, 9.17) is 0 Å². The number of H-pyrrole nitrogens is 1. The van der Waals surface area contributed by atoms with Crippen LogP contribution in [0, 0.1) is 13.8 Å². The van der Waals surface area contributed by atoms with Crippen LogP contribution in [0.1, 0.15) is 59.2 Å². The molecule has 1 aliphatic rings. The fourth-order valence-electron chi connectivity index (χ4n) is 4.56. The summed E-state index contributed by atoms with van der Waals surface area (Å²) in [5.74, 6) is -0.561. The smallest absolute Gasteiger partial charge is 0.332 e. The topological polar surface area (TPSA) is 83.9 Å². The Morgan fingerprint density at radius 1 is 1.12 bits per heavy atom. The van der Waals surface area contributed by atoms with Crippen molar-refractivity contribution >= 4 is 5.91 Å². The molecule has 0 bridgehead atoms. The highest BCUT2D eigenvalue weighted by Gasteiger charge is 2.45. The first-order chi connectivity index (χ1) is 15.4. The van der Waals surface area contributed by atoms with Gasteiger partial charge in [-0.2, -0.15) is 17.9 Å². The first-order valence-corrected chi connectivity index (χ1v) is 10.5. The molecular weight excluding hydrogens is 435 g/mol. The van der Waals surface area contributed by atoms with Crippen LogP contribution in [0.3, 0.4) is 0 Å². The monoisotopic (exact) mass is 459 g/mol. The Labute approximate surface area is 188 Å². The largest absolute Gasteiger partial charge is 0.416 e. The molecule has 2 aromatic heterocycles. The Kier molecular flexibility index (Phi) is 5.42. The number of rotatable bonds is 3. The summed E-state index contributed by atoms with van der Waals surface area (Å²) in [6.45, 7) is 7.55. The lowest BCUT2D eigenvalue weighted by atomic mass is 9.82. The molecule has 1 aromatic carbocycles. The molecule has 1 aliphatic heterocycles. The van der Waals surface area contributed by atoms with E-state index >= 15 is 0 Å². The molecule has 3 heterocycles. The minimum atomic E-state index is -4.44. The van der Waals surface area contributed by atoms with Gasteiger partial charge >= 0.3 is 6.18 Å². The normalized spacial score (nSPS) is 18.0. The lowest BCUT2D eigenvalue weighted by Gasteiger charge is -2.36. The van der Waals surface area contributed by atoms with E-state index in [2.05, 4.69) is 15.1 Å². The molecule has 1 N–H and O–H groups in total. The van der Waals surface area contributed by atoms with E-state index in [-0.39, 0.29) is 17.6 Å². The molecule has 1 unspecified atom stereocenters. The van der Waals surface area contributed by atoms with Gasteiger partial charge in [0.1, 0.15) is 5.69 Å². The summed E-state index contributed by atoms with van der Waals surface area (Å²) in [4.78, 5) is 35.9. The third-order valence-corrected chi connectivity index (χ3v) is 6.17. The van der Waals surface area contributed by atoms with Crippen molar-refractivity contribution in [2.75, 3.05) is 6.54 Å². The Morgan fingerprint density at radius 2 is 1.79 bits per heavy atom. The minimum Gasteiger partial charge on any atom is -0.332 e. The molecule has 4 rings (SSSR count). The average molecular weight is 459 g/mol. The number of amides is 1. The molecule has 174 valence electrons. The first kappa shape index (κ1) is 22.8. The molecular formula is C23H24F3N5O2. The number of carbonyl (C=O) groups excluding carboxylic acids is 1. The average Bonchev–Trinajstić information content (AvgIpc) is 3.25. The number of likely N-dealkylation sites (tertiary alicyclic amines) is 1. The van der Waals surface area contributed by atoms with Gasteiger partial charge in [-0.3, -0.25) is 14.7 Å². The molecule has 0 spiro atoms. The fraction of sp³-hybridized carbons (Fsp3) is 0.391. The van der Waals surface area contributed by atoms with Crippen LogP contribution in [0.2, 0.25) is 0 Å². The van der Waals surface area contributed by atoms with Crippen LogP contribution in [0.4, 0.5) is 13.2 Å². The number of hydrogen-bond donors (Lipinski definition) is 1. The lowest BCUT2D eigenvalue weighted by Crippen LogP contribution is -2.45. The maximum Gasteiger partial charge on any atom is 0.416 e. The van der Waals surface area contributed by atoms with Crippen molar-refractivity contribution in [2.45, 2.75) is 51.7 Å². The van der Waals surface area contributed by atoms with Crippen LogP contribution in [0.5, 0.6) is 0 Å². The van der Waals surface area contributed by atoms with Crippen molar-refractivity contribution in [2.24, 2.45) is 0 Å². The van der Waals surface area contributed by atoms with Crippen molar-refractivity contribution in [1.82, 2.24) is 24.6 Å². The predicted molar refractivity (Wildman–Crippen MR) is 115 cm³/mol. The number of alkyl halides is 3. The van der Waals surface area contributed by atoms with Crippen molar-refractivity contribution < 1.29 is 18.0 Å². The zero-order valence-corrected chi connectivity index (χ0v) is 18.7. The molecule has 3 aromatic rings. The third kappa shape index (κ3) is 4.17. The van der Waals surface area contributed by atoms with Crippen LogP contribution in [-0.2, 0) is 6.18 Å². The third-order valence-electron chi connectivity index (χ3n) is 6.17. The van der Waals surface area contributed by atoms with Gasteiger partial charge in [-0.15, -0.1) is 0 Å². The summed E-state index contributed by atoms with van der Waals surface area (Å²) in [6, 6.07) is 8.19. The van der Waals surface area contributed by atoms with E-state index in [0.717, 1.165) is 16.8 Å². The summed E-state index contributed by atoms with van der Waals surface area (Å²) >= 11 is 0. The molecule has 0 aliphatic carbocycles. The molecule has 1 fully saturated rings. The standard InChI is InChI=1S/C23H24F3N5O2/c1-13-10-14(2)28-21(27-13)31-19(32)12-18(29-31)20(33)30-9-8-17(22(30,3)4)15-6-5-7-16(11-15)23(24,25)26/h5-7,10-12,17,29H,8-9H2,1-4H3. The van der Waals surface area contributed by atoms with Gasteiger partial charge in [0.25, 0.3) is 17.4 Å². The number of halogens is 3. The number of nitrogens with one attached hydrogen (secondary N) is 1. The maximum absolute atomic E-state index is 13.3. The molecule has 7 nitrogen and oxygen atoms in total. The Balaban J connectivity index is 1.63. The van der Waals surface area contributed by atoms with E-state index in [1.54, 1.807) is 30.9 Å². The molecule has 1 atom stereocenters. The number of aromatic nitrogens is 4. The SMILES string of the molecule is Cc1cc(C)nc(-n2[nH]c(C(=O)N3CCC(c4cccc(C(F)(F)F)c4)C3(C)C)cc2=O)n1. The van der Waals surface area contributed by atoms with Crippen LogP contribution in [0.15, 0.2) is 41.2 Å². The zero-order chi connectivity index (χ0) is 24.1. The van der Waals surface area contributed by atoms with Gasteiger partial charge in [0, 0.05) is 35.5 Å². The maximum atomic E-state index is 13.3. The molecule has 0 saturated carbocycles. The second kappa shape index (κ2) is 7.86. The first-order valence-electron chi connectivity index (χ1n) is 10.5. The number of aromatic amines is 1. The van der Waals surface area contributed by atoms with Crippen LogP contribution < -0.4 is 5.56 Å². The molecule has 1 saturated heterocycles. The van der Waals surface area contributed by atoms with Gasteiger partial charge in [0.15, 0.2) is 0 Å². The number of aryl methyl sites for hydroxylation is 2. The number of carbonyl (C=O) groups is 1. The fourth-order valence-corrected chi connectivity index (χ4v) is 4.56. The number of hydrogen-bond acceptors (Lipinski definition) is 4. The number of benzene rings is 1. The van der Waals surface area contributed by atoms with Gasteiger partial charge in [-0.05, 0) is 51.8 Å². The minimum absolute atomic E-state index is 0.0699. The van der Waals surface area contributed by atoms with Crippen LogP contribution in [0.25, 0.3) is 5.95 Å². The van der Waals surface area contributed by atoms with Gasteiger partial charge in [-0.1, -0.05) is 18.2 Å². The van der Waals surface area contributed by atoms with E-state index in [9.17, 15) is 22.8 Å². The van der Waals surface area contributed by atoms with Crippen molar-refractivity contribution in [3.8, 4) is 5.95 Å². The summed E-state index contributed by atoms with van der Waals surface area (Å²) in [7, 11) is 0. The van der Waals surface area contributed by atoms with E-state index in [1.807, 2.05) is 13.8 Å². The molecule has 0 radical (unpaired) electrons. The van der Waals surface area contributed by atoms with Crippen molar-refractivity contribution in [1.29, 1.82) is 0 Å². The Bertz CT molecular complexity index is 1260. The Hall–Kier alpha value is -3.43. The molecule has 1 amide bonds. The van der Waals surface area contributed by atoms with Gasteiger partial charge in [-0.25, -0.2) is 9.97 Å². The highest BCUT2D eigenvalue weighted by molar-refractivity contribution is 5.93. The molecule has 33 heavy (non-hydrogen) atoms. The molecule has 10 heteroatoms. The van der Waals surface area contributed by atoms with Crippen LogP contribution >= 0.6 is 0 Å². The lowest BCUT2D eigenvalue weighted by molar-refractivity contribution is -0.137. The predicted octanol–water partition coefficient (Wildman–Crippen LogP) is 4.00. The van der Waals surface area contributed by atoms with Gasteiger partial charge < -0.3 is 4.90 Å². The van der Waals surface area contributed by atoms with E-state index in [0.29, 0.717) is 29.9 Å². The highest BCUT2D eigenvalue weighted by Crippen LogP contribution is 2.43. The highest BCUT2D eigenvalue weighted by atomic mass is 19.4. The van der Waals surface area contributed by atoms with Gasteiger partial charge in [0.2, 0.25) is 0 Å². The summed E-state index contributed by atoms with van der Waals surface area (Å²) in [5.41, 5.74) is -0.00462. The quantitative estimate of drug-likeness (QED) is 0.642. The second-order valence-corrected chi connectivity index (χ2v) is 8.87. The van der Waals surface area contributed by atoms with E-state index in [1.165, 1.54) is 12.1 Å². The summed E-state index contributed by atoms with van der Waals surface area (Å²) < 4.78 is 40.7. The number of nitrogens with zero attached hydrogens (tertiary/aromatic N) is 4. The van der Waals surface area contributed by atoms with Crippen LogP contribution in [-0.4, -0.2) is 42.6 Å². The van der Waals surface area contributed by atoms with E-state index < -0.39 is 28.7 Å². The van der Waals surface area contributed by atoms with Crippen molar-refractivity contribution in [3.63, 3.8) is 0 Å². The second-order valence-electron chi connectivity index (χ2n) is 8.87. The Morgan fingerprint density at radius 3 is 2.42 bits per heavy atom. The summed E-state index contributed by atoms with van der Waals surface area (Å²) in [6.07, 6.45) is -3.93. The van der Waals surface area contributed by atoms with Gasteiger partial charge in [0.05, 0.1) is 5.56 Å².